The maximum atomic E-state index is 12.3. The number of hydrogen-bond acceptors (Lipinski definition) is 4. The van der Waals surface area contributed by atoms with Crippen LogP contribution >= 0.6 is 0 Å². The first-order chi connectivity index (χ1) is 14.7. The van der Waals surface area contributed by atoms with Crippen LogP contribution in [0, 0.1) is 0 Å². The summed E-state index contributed by atoms with van der Waals surface area (Å²) in [7, 11) is 0. The molecule has 5 heteroatoms. The molecular weight excluding hydrogens is 376 g/mol. The van der Waals surface area contributed by atoms with E-state index in [1.165, 1.54) is 0 Å². The number of carbonyl (C=O) groups excluding carboxylic acids is 1. The molecule has 0 aromatic heterocycles. The molecule has 1 N–H and O–H groups in total. The van der Waals surface area contributed by atoms with Crippen molar-refractivity contribution in [2.24, 2.45) is 0 Å². The van der Waals surface area contributed by atoms with Gasteiger partial charge in [-0.25, -0.2) is 0 Å². The van der Waals surface area contributed by atoms with E-state index in [4.69, 9.17) is 9.47 Å². The van der Waals surface area contributed by atoms with Gasteiger partial charge in [0.15, 0.2) is 6.61 Å². The number of rotatable bonds is 11. The monoisotopic (exact) mass is 406 g/mol. The first-order valence-electron chi connectivity index (χ1n) is 10.5. The van der Waals surface area contributed by atoms with Gasteiger partial charge in [0.05, 0.1) is 0 Å². The van der Waals surface area contributed by atoms with Crippen LogP contribution in [-0.4, -0.2) is 43.7 Å². The van der Waals surface area contributed by atoms with Crippen molar-refractivity contribution < 1.29 is 14.3 Å². The second-order valence-electron chi connectivity index (χ2n) is 7.06. The Morgan fingerprint density at radius 3 is 2.43 bits per heavy atom. The first kappa shape index (κ1) is 21.7. The summed E-state index contributed by atoms with van der Waals surface area (Å²) in [6.07, 6.45) is 0. The Labute approximate surface area is 178 Å². The molecule has 1 amide bonds. The van der Waals surface area contributed by atoms with E-state index in [1.54, 1.807) is 0 Å². The lowest BCUT2D eigenvalue weighted by atomic mass is 10.1. The molecule has 0 unspecified atom stereocenters. The number of nitrogens with zero attached hydrogens (tertiary/aromatic N) is 1. The number of carbonyl (C=O) groups is 1. The summed E-state index contributed by atoms with van der Waals surface area (Å²) in [6, 6.07) is 21.7. The molecule has 0 aliphatic carbocycles. The molecule has 158 valence electrons. The highest BCUT2D eigenvalue weighted by Crippen LogP contribution is 2.20. The Morgan fingerprint density at radius 2 is 1.63 bits per heavy atom. The lowest BCUT2D eigenvalue weighted by molar-refractivity contribution is -0.123. The molecule has 3 rings (SSSR count). The van der Waals surface area contributed by atoms with Crippen LogP contribution in [0.2, 0.25) is 0 Å². The molecule has 0 radical (unpaired) electrons. The molecule has 0 aliphatic rings. The van der Waals surface area contributed by atoms with Crippen molar-refractivity contribution in [3.8, 4) is 11.5 Å². The lowest BCUT2D eigenvalue weighted by Gasteiger charge is -2.19. The predicted octanol–water partition coefficient (Wildman–Crippen LogP) is 4.26. The van der Waals surface area contributed by atoms with Crippen molar-refractivity contribution in [3.05, 3.63) is 72.3 Å². The third-order valence-electron chi connectivity index (χ3n) is 5.10. The largest absolute Gasteiger partial charge is 0.492 e. The van der Waals surface area contributed by atoms with E-state index in [2.05, 4.69) is 24.1 Å². The fourth-order valence-electron chi connectivity index (χ4n) is 3.27. The molecule has 0 bridgehead atoms. The number of likely N-dealkylation sites (N-methyl/N-ethyl adjacent to an activating group) is 1. The summed E-state index contributed by atoms with van der Waals surface area (Å²) < 4.78 is 11.6. The highest BCUT2D eigenvalue weighted by Gasteiger charge is 2.08. The van der Waals surface area contributed by atoms with Crippen LogP contribution in [0.4, 0.5) is 0 Å². The topological polar surface area (TPSA) is 50.8 Å². The van der Waals surface area contributed by atoms with Gasteiger partial charge in [-0.1, -0.05) is 62.4 Å². The number of ether oxygens (including phenoxy) is 2. The van der Waals surface area contributed by atoms with Crippen molar-refractivity contribution >= 4 is 16.7 Å². The maximum absolute atomic E-state index is 12.3. The van der Waals surface area contributed by atoms with E-state index >= 15 is 0 Å². The maximum Gasteiger partial charge on any atom is 0.258 e. The molecule has 30 heavy (non-hydrogen) atoms. The summed E-state index contributed by atoms with van der Waals surface area (Å²) in [4.78, 5) is 14.6. The Hall–Kier alpha value is -3.05. The Balaban J connectivity index is 1.48. The van der Waals surface area contributed by atoms with E-state index in [0.29, 0.717) is 18.9 Å². The van der Waals surface area contributed by atoms with Gasteiger partial charge >= 0.3 is 0 Å². The zero-order valence-corrected chi connectivity index (χ0v) is 17.8. The van der Waals surface area contributed by atoms with E-state index in [1.807, 2.05) is 66.7 Å². The zero-order valence-electron chi connectivity index (χ0n) is 17.8. The lowest BCUT2D eigenvalue weighted by Crippen LogP contribution is -2.29. The van der Waals surface area contributed by atoms with E-state index in [9.17, 15) is 4.79 Å². The van der Waals surface area contributed by atoms with Crippen molar-refractivity contribution in [1.82, 2.24) is 10.2 Å². The summed E-state index contributed by atoms with van der Waals surface area (Å²) in [5.41, 5.74) is 0.955. The number of amides is 1. The molecule has 0 aliphatic heterocycles. The highest BCUT2D eigenvalue weighted by atomic mass is 16.5. The highest BCUT2D eigenvalue weighted by molar-refractivity contribution is 5.84. The van der Waals surface area contributed by atoms with Gasteiger partial charge in [0, 0.05) is 18.7 Å². The molecular formula is C25H30N2O3. The Morgan fingerprint density at radius 1 is 0.900 bits per heavy atom. The summed E-state index contributed by atoms with van der Waals surface area (Å²) >= 11 is 0. The van der Waals surface area contributed by atoms with Crippen molar-refractivity contribution in [2.45, 2.75) is 20.4 Å². The van der Waals surface area contributed by atoms with Gasteiger partial charge in [0.2, 0.25) is 0 Å². The zero-order chi connectivity index (χ0) is 21.2. The SMILES string of the molecule is CCN(CC)CCOc1ccccc1CNC(=O)COc1ccc2ccccc2c1. The summed E-state index contributed by atoms with van der Waals surface area (Å²) in [6.45, 7) is 8.19. The van der Waals surface area contributed by atoms with Crippen LogP contribution in [0.5, 0.6) is 11.5 Å². The van der Waals surface area contributed by atoms with Gasteiger partial charge in [-0.05, 0) is 42.1 Å². The molecule has 0 atom stereocenters. The second-order valence-corrected chi connectivity index (χ2v) is 7.06. The molecule has 3 aromatic rings. The average Bonchev–Trinajstić information content (AvgIpc) is 2.79. The number of fused-ring (bicyclic) bond motifs is 1. The van der Waals surface area contributed by atoms with Crippen LogP contribution in [0.1, 0.15) is 19.4 Å². The first-order valence-corrected chi connectivity index (χ1v) is 10.5. The number of para-hydroxylation sites is 1. The molecule has 0 fully saturated rings. The van der Waals surface area contributed by atoms with E-state index in [0.717, 1.165) is 41.7 Å². The fraction of sp³-hybridized carbons (Fsp3) is 0.320. The normalized spacial score (nSPS) is 10.9. The van der Waals surface area contributed by atoms with Crippen LogP contribution in [0.25, 0.3) is 10.8 Å². The van der Waals surface area contributed by atoms with Gasteiger partial charge in [0.25, 0.3) is 5.91 Å². The second kappa shape index (κ2) is 11.2. The standard InChI is InChI=1S/C25H30N2O3/c1-3-27(4-2)15-16-29-24-12-8-7-11-22(24)18-26-25(28)19-30-23-14-13-20-9-5-6-10-21(20)17-23/h5-14,17H,3-4,15-16,18-19H2,1-2H3,(H,26,28). The van der Waals surface area contributed by atoms with Crippen molar-refractivity contribution in [3.63, 3.8) is 0 Å². The third kappa shape index (κ3) is 6.22. The molecule has 0 spiro atoms. The van der Waals surface area contributed by atoms with Crippen LogP contribution in [0.15, 0.2) is 66.7 Å². The van der Waals surface area contributed by atoms with Gasteiger partial charge in [-0.3, -0.25) is 4.79 Å². The van der Waals surface area contributed by atoms with Crippen LogP contribution < -0.4 is 14.8 Å². The molecule has 5 nitrogen and oxygen atoms in total. The van der Waals surface area contributed by atoms with Crippen LogP contribution in [-0.2, 0) is 11.3 Å². The number of benzene rings is 3. The quantitative estimate of drug-likeness (QED) is 0.517. The number of nitrogens with one attached hydrogen (secondary N) is 1. The average molecular weight is 407 g/mol. The van der Waals surface area contributed by atoms with Gasteiger partial charge in [-0.15, -0.1) is 0 Å². The summed E-state index contributed by atoms with van der Waals surface area (Å²) in [5, 5.41) is 5.15. The van der Waals surface area contributed by atoms with Crippen LogP contribution in [0.3, 0.4) is 0 Å². The minimum Gasteiger partial charge on any atom is -0.492 e. The molecule has 0 heterocycles. The third-order valence-corrected chi connectivity index (χ3v) is 5.10. The van der Waals surface area contributed by atoms with Crippen molar-refractivity contribution in [1.29, 1.82) is 0 Å². The van der Waals surface area contributed by atoms with Gasteiger partial charge in [-0.2, -0.15) is 0 Å². The molecule has 0 saturated carbocycles. The number of hydrogen-bond donors (Lipinski definition) is 1. The predicted molar refractivity (Wildman–Crippen MR) is 121 cm³/mol. The van der Waals surface area contributed by atoms with E-state index < -0.39 is 0 Å². The minimum atomic E-state index is -0.166. The minimum absolute atomic E-state index is 0.0245. The Kier molecular flexibility index (Phi) is 8.10. The fourth-order valence-corrected chi connectivity index (χ4v) is 3.27. The Bertz CT molecular complexity index is 954. The van der Waals surface area contributed by atoms with Crippen molar-refractivity contribution in [2.75, 3.05) is 32.8 Å². The van der Waals surface area contributed by atoms with Gasteiger partial charge < -0.3 is 19.7 Å². The smallest absolute Gasteiger partial charge is 0.258 e. The van der Waals surface area contributed by atoms with E-state index in [-0.39, 0.29) is 12.5 Å². The van der Waals surface area contributed by atoms with Gasteiger partial charge in [0.1, 0.15) is 18.1 Å². The molecule has 3 aromatic carbocycles. The summed E-state index contributed by atoms with van der Waals surface area (Å²) in [5.74, 6) is 1.32. The molecule has 0 saturated heterocycles.